The lowest BCUT2D eigenvalue weighted by molar-refractivity contribution is -0.735. The molecule has 0 aromatic carbocycles. The van der Waals surface area contributed by atoms with E-state index in [1.54, 1.807) is 11.6 Å². The number of anilines is 2. The monoisotopic (exact) mass is 281 g/mol. The van der Waals surface area contributed by atoms with Crippen LogP contribution in [-0.4, -0.2) is 51.0 Å². The number of nitrogen functional groups attached to an aromatic ring is 1. The molecule has 1 aliphatic rings. The van der Waals surface area contributed by atoms with Crippen molar-refractivity contribution in [2.75, 3.05) is 24.7 Å². The smallest absolute Gasteiger partial charge is 0.351 e. The van der Waals surface area contributed by atoms with Crippen molar-refractivity contribution >= 4 is 22.9 Å². The van der Waals surface area contributed by atoms with E-state index in [9.17, 15) is 5.11 Å². The summed E-state index contributed by atoms with van der Waals surface area (Å²) < 4.78 is 7.28. The molecule has 9 nitrogen and oxygen atoms in total. The summed E-state index contributed by atoms with van der Waals surface area (Å²) in [5.41, 5.74) is 7.25. The van der Waals surface area contributed by atoms with E-state index in [0.29, 0.717) is 29.4 Å². The van der Waals surface area contributed by atoms with Crippen molar-refractivity contribution in [1.82, 2.24) is 15.0 Å². The fourth-order valence-corrected chi connectivity index (χ4v) is 2.45. The lowest BCUT2D eigenvalue weighted by Crippen LogP contribution is -2.45. The molecule has 0 radical (unpaired) electrons. The second-order valence-corrected chi connectivity index (χ2v) is 4.66. The summed E-state index contributed by atoms with van der Waals surface area (Å²) in [5.74, 6) is 0.894. The van der Waals surface area contributed by atoms with E-state index in [1.165, 1.54) is 6.33 Å². The molecule has 1 fully saturated rings. The molecule has 2 aromatic heterocycles. The average molecular weight is 281 g/mol. The van der Waals surface area contributed by atoms with Gasteiger partial charge in [0, 0.05) is 13.5 Å². The molecule has 1 unspecified atom stereocenters. The fourth-order valence-electron chi connectivity index (χ4n) is 2.45. The molecule has 0 bridgehead atoms. The molecule has 3 atom stereocenters. The van der Waals surface area contributed by atoms with Gasteiger partial charge in [-0.3, -0.25) is 5.32 Å². The third kappa shape index (κ3) is 1.87. The minimum Gasteiger partial charge on any atom is -0.394 e. The van der Waals surface area contributed by atoms with E-state index >= 15 is 0 Å². The number of ether oxygens (including phenoxy) is 1. The Hall–Kier alpha value is -1.97. The zero-order valence-electron chi connectivity index (χ0n) is 10.9. The molecule has 0 saturated carbocycles. The SMILES string of the molecule is CNc1nc2nc[nH]c2c(N)[n+]1C1C[C@H](O)[C@@H](CO)O1. The Morgan fingerprint density at radius 1 is 1.65 bits per heavy atom. The molecule has 108 valence electrons. The molecule has 0 aliphatic carbocycles. The summed E-state index contributed by atoms with van der Waals surface area (Å²) in [6.45, 7) is -0.243. The van der Waals surface area contributed by atoms with Crippen LogP contribution in [0.25, 0.3) is 11.2 Å². The first-order chi connectivity index (χ1) is 9.65. The predicted molar refractivity (Wildman–Crippen MR) is 69.7 cm³/mol. The summed E-state index contributed by atoms with van der Waals surface area (Å²) in [4.78, 5) is 11.3. The molecule has 1 saturated heterocycles. The van der Waals surface area contributed by atoms with Crippen LogP contribution in [0.15, 0.2) is 6.33 Å². The van der Waals surface area contributed by atoms with Crippen molar-refractivity contribution in [2.45, 2.75) is 24.9 Å². The number of H-pyrrole nitrogens is 1. The molecular formula is C11H17N6O3+. The van der Waals surface area contributed by atoms with Gasteiger partial charge in [0.15, 0.2) is 11.7 Å². The first-order valence-electron chi connectivity index (χ1n) is 6.32. The van der Waals surface area contributed by atoms with E-state index in [2.05, 4.69) is 20.3 Å². The number of aliphatic hydroxyl groups excluding tert-OH is 2. The van der Waals surface area contributed by atoms with E-state index in [1.807, 2.05) is 0 Å². The first-order valence-corrected chi connectivity index (χ1v) is 6.32. The highest BCUT2D eigenvalue weighted by Crippen LogP contribution is 2.27. The van der Waals surface area contributed by atoms with Gasteiger partial charge in [-0.2, -0.15) is 4.57 Å². The minimum atomic E-state index is -0.737. The fraction of sp³-hybridized carbons (Fsp3) is 0.545. The molecule has 2 aromatic rings. The lowest BCUT2D eigenvalue weighted by atomic mass is 10.2. The number of nitrogens with zero attached hydrogens (tertiary/aromatic N) is 3. The maximum absolute atomic E-state index is 9.85. The Kier molecular flexibility index (Phi) is 3.16. The van der Waals surface area contributed by atoms with Gasteiger partial charge in [0.2, 0.25) is 11.5 Å². The van der Waals surface area contributed by atoms with Crippen LogP contribution in [0.2, 0.25) is 0 Å². The maximum Gasteiger partial charge on any atom is 0.351 e. The van der Waals surface area contributed by atoms with Gasteiger partial charge < -0.3 is 25.7 Å². The third-order valence-electron chi connectivity index (χ3n) is 3.47. The quantitative estimate of drug-likeness (QED) is 0.433. The second kappa shape index (κ2) is 4.85. The minimum absolute atomic E-state index is 0.243. The highest BCUT2D eigenvalue weighted by Gasteiger charge is 2.39. The van der Waals surface area contributed by atoms with E-state index in [4.69, 9.17) is 15.6 Å². The van der Waals surface area contributed by atoms with Crippen LogP contribution in [0.5, 0.6) is 0 Å². The number of aromatic amines is 1. The number of rotatable bonds is 3. The Morgan fingerprint density at radius 3 is 3.10 bits per heavy atom. The van der Waals surface area contributed by atoms with Gasteiger partial charge >= 0.3 is 5.95 Å². The number of hydrogen-bond donors (Lipinski definition) is 5. The molecule has 3 heterocycles. The van der Waals surface area contributed by atoms with Crippen molar-refractivity contribution in [3.05, 3.63) is 6.33 Å². The van der Waals surface area contributed by atoms with E-state index in [0.717, 1.165) is 0 Å². The average Bonchev–Trinajstić information content (AvgIpc) is 3.04. The van der Waals surface area contributed by atoms with E-state index in [-0.39, 0.29) is 6.61 Å². The van der Waals surface area contributed by atoms with Crippen LogP contribution in [0.4, 0.5) is 11.8 Å². The number of aliphatic hydroxyl groups is 2. The Balaban J connectivity index is 2.08. The standard InChI is InChI=1S/C11H16N6O3/c1-13-11-16-10-8(14-4-15-10)9(12)17(11)7-2-5(19)6(3-18)20-7/h4-7,18-19H,2-3H2,1H3,(H3,12,13,14,15,16)/p+1/t5-,6+,7?/m0/s1. The Labute approximate surface area is 114 Å². The van der Waals surface area contributed by atoms with Crippen molar-refractivity contribution in [1.29, 1.82) is 0 Å². The van der Waals surface area contributed by atoms with Crippen LogP contribution in [-0.2, 0) is 4.74 Å². The van der Waals surface area contributed by atoms with Crippen molar-refractivity contribution in [2.24, 2.45) is 0 Å². The number of aromatic nitrogens is 4. The summed E-state index contributed by atoms with van der Waals surface area (Å²) in [6.07, 6.45) is -0.00708. The number of fused-ring (bicyclic) bond motifs is 1. The zero-order chi connectivity index (χ0) is 14.3. The van der Waals surface area contributed by atoms with Crippen LogP contribution >= 0.6 is 0 Å². The number of hydrogen-bond acceptors (Lipinski definition) is 7. The number of nitrogens with two attached hydrogens (primary N) is 1. The van der Waals surface area contributed by atoms with Crippen LogP contribution < -0.4 is 15.6 Å². The maximum atomic E-state index is 9.85. The van der Waals surface area contributed by atoms with Gasteiger partial charge in [-0.05, 0) is 0 Å². The van der Waals surface area contributed by atoms with Gasteiger partial charge in [-0.25, -0.2) is 4.98 Å². The van der Waals surface area contributed by atoms with E-state index < -0.39 is 18.4 Å². The molecular weight excluding hydrogens is 264 g/mol. The summed E-state index contributed by atoms with van der Waals surface area (Å²) in [7, 11) is 1.71. The third-order valence-corrected chi connectivity index (χ3v) is 3.47. The lowest BCUT2D eigenvalue weighted by Gasteiger charge is -2.16. The summed E-state index contributed by atoms with van der Waals surface area (Å²) in [5, 5.41) is 21.9. The van der Waals surface area contributed by atoms with Crippen molar-refractivity contribution in [3.8, 4) is 0 Å². The Morgan fingerprint density at radius 2 is 2.45 bits per heavy atom. The largest absolute Gasteiger partial charge is 0.394 e. The normalized spacial score (nSPS) is 26.2. The molecule has 1 aliphatic heterocycles. The second-order valence-electron chi connectivity index (χ2n) is 4.66. The molecule has 0 spiro atoms. The highest BCUT2D eigenvalue weighted by atomic mass is 16.5. The first kappa shape index (κ1) is 13.0. The van der Waals surface area contributed by atoms with Crippen LogP contribution in [0, 0.1) is 0 Å². The number of imidazole rings is 1. The summed E-state index contributed by atoms with van der Waals surface area (Å²) in [6, 6.07) is 0. The number of nitrogens with one attached hydrogen (secondary N) is 2. The highest BCUT2D eigenvalue weighted by molar-refractivity contribution is 5.79. The van der Waals surface area contributed by atoms with Crippen LogP contribution in [0.1, 0.15) is 12.6 Å². The topological polar surface area (TPSA) is 133 Å². The molecule has 9 heteroatoms. The van der Waals surface area contributed by atoms with Gasteiger partial charge in [0.25, 0.3) is 0 Å². The van der Waals surface area contributed by atoms with Crippen LogP contribution in [0.3, 0.4) is 0 Å². The van der Waals surface area contributed by atoms with Gasteiger partial charge in [-0.15, -0.1) is 0 Å². The van der Waals surface area contributed by atoms with Crippen molar-refractivity contribution < 1.29 is 19.5 Å². The van der Waals surface area contributed by atoms with Gasteiger partial charge in [-0.1, -0.05) is 4.98 Å². The Bertz CT molecular complexity index is 630. The zero-order valence-corrected chi connectivity index (χ0v) is 10.9. The van der Waals surface area contributed by atoms with Crippen molar-refractivity contribution in [3.63, 3.8) is 0 Å². The molecule has 6 N–H and O–H groups in total. The predicted octanol–water partition coefficient (Wildman–Crippen LogP) is -1.49. The van der Waals surface area contributed by atoms with Gasteiger partial charge in [0.05, 0.1) is 19.0 Å². The molecule has 20 heavy (non-hydrogen) atoms. The van der Waals surface area contributed by atoms with Gasteiger partial charge in [0.1, 0.15) is 6.10 Å². The summed E-state index contributed by atoms with van der Waals surface area (Å²) >= 11 is 0. The molecule has 3 rings (SSSR count). The molecule has 0 amide bonds.